The molecule has 3 heteroatoms. The fraction of sp³-hybridized carbons (Fsp3) is 0.929. The van der Waals surface area contributed by atoms with Gasteiger partial charge in [0.05, 0.1) is 0 Å². The first kappa shape index (κ1) is 16.4. The molecule has 0 bridgehead atoms. The number of unbranched alkanes of at least 4 members (excludes halogenated alkanes) is 7. The van der Waals surface area contributed by atoms with E-state index in [0.29, 0.717) is 0 Å². The van der Waals surface area contributed by atoms with Gasteiger partial charge in [-0.05, 0) is 20.5 Å². The number of aliphatic carboxylic acids is 1. The smallest absolute Gasteiger partial charge is 0.320 e. The number of rotatable bonds is 11. The van der Waals surface area contributed by atoms with Crippen molar-refractivity contribution in [3.05, 3.63) is 0 Å². The highest BCUT2D eigenvalue weighted by atomic mass is 16.4. The van der Waals surface area contributed by atoms with Gasteiger partial charge in [0, 0.05) is 0 Å². The van der Waals surface area contributed by atoms with Crippen LogP contribution >= 0.6 is 0 Å². The van der Waals surface area contributed by atoms with E-state index in [-0.39, 0.29) is 6.04 Å². The molecule has 0 fully saturated rings. The minimum atomic E-state index is -0.696. The van der Waals surface area contributed by atoms with E-state index < -0.39 is 5.97 Å². The predicted octanol–water partition coefficient (Wildman–Crippen LogP) is 3.53. The van der Waals surface area contributed by atoms with Gasteiger partial charge in [-0.15, -0.1) is 0 Å². The topological polar surface area (TPSA) is 40.5 Å². The van der Waals surface area contributed by atoms with Gasteiger partial charge in [0.15, 0.2) is 0 Å². The predicted molar refractivity (Wildman–Crippen MR) is 72.3 cm³/mol. The molecule has 0 aliphatic rings. The second-order valence-corrected chi connectivity index (χ2v) is 5.08. The fourth-order valence-electron chi connectivity index (χ4n) is 2.07. The number of likely N-dealkylation sites (N-methyl/N-ethyl adjacent to an activating group) is 1. The Morgan fingerprint density at radius 3 is 1.88 bits per heavy atom. The van der Waals surface area contributed by atoms with Crippen molar-refractivity contribution in [3.63, 3.8) is 0 Å². The number of nitrogens with zero attached hydrogens (tertiary/aromatic N) is 1. The Balaban J connectivity index is 3.40. The maximum absolute atomic E-state index is 10.9. The van der Waals surface area contributed by atoms with Crippen LogP contribution < -0.4 is 0 Å². The van der Waals surface area contributed by atoms with Crippen LogP contribution in [0.4, 0.5) is 0 Å². The minimum Gasteiger partial charge on any atom is -0.480 e. The molecule has 0 radical (unpaired) electrons. The molecule has 0 aliphatic heterocycles. The molecule has 17 heavy (non-hydrogen) atoms. The van der Waals surface area contributed by atoms with Gasteiger partial charge in [0.1, 0.15) is 6.04 Å². The van der Waals surface area contributed by atoms with Gasteiger partial charge in [-0.2, -0.15) is 0 Å². The van der Waals surface area contributed by atoms with Gasteiger partial charge in [0.2, 0.25) is 0 Å². The first-order chi connectivity index (χ1) is 8.09. The Kier molecular flexibility index (Phi) is 10.2. The maximum atomic E-state index is 10.9. The molecule has 0 amide bonds. The van der Waals surface area contributed by atoms with Gasteiger partial charge in [0.25, 0.3) is 0 Å². The minimum absolute atomic E-state index is 0.310. The lowest BCUT2D eigenvalue weighted by atomic mass is 10.0. The third kappa shape index (κ3) is 9.16. The van der Waals surface area contributed by atoms with Gasteiger partial charge < -0.3 is 5.11 Å². The largest absolute Gasteiger partial charge is 0.480 e. The van der Waals surface area contributed by atoms with Crippen LogP contribution in [0.25, 0.3) is 0 Å². The van der Waals surface area contributed by atoms with Crippen LogP contribution in [0.5, 0.6) is 0 Å². The van der Waals surface area contributed by atoms with E-state index in [0.717, 1.165) is 12.8 Å². The van der Waals surface area contributed by atoms with Crippen molar-refractivity contribution in [2.45, 2.75) is 70.8 Å². The van der Waals surface area contributed by atoms with E-state index in [1.165, 1.54) is 44.9 Å². The van der Waals surface area contributed by atoms with Crippen LogP contribution in [0.1, 0.15) is 64.7 Å². The van der Waals surface area contributed by atoms with Gasteiger partial charge in [-0.1, -0.05) is 58.3 Å². The van der Waals surface area contributed by atoms with Crippen molar-refractivity contribution in [3.8, 4) is 0 Å². The summed E-state index contributed by atoms with van der Waals surface area (Å²) < 4.78 is 0. The summed E-state index contributed by atoms with van der Waals surface area (Å²) in [4.78, 5) is 12.7. The summed E-state index contributed by atoms with van der Waals surface area (Å²) in [6, 6.07) is -0.310. The van der Waals surface area contributed by atoms with E-state index in [1.54, 1.807) is 4.90 Å². The molecule has 102 valence electrons. The number of carbonyl (C=O) groups is 1. The van der Waals surface area contributed by atoms with Crippen molar-refractivity contribution in [2.24, 2.45) is 0 Å². The Labute approximate surface area is 106 Å². The third-order valence-corrected chi connectivity index (χ3v) is 3.24. The highest BCUT2D eigenvalue weighted by molar-refractivity contribution is 5.73. The molecule has 1 atom stereocenters. The average Bonchev–Trinajstić information content (AvgIpc) is 2.26. The summed E-state index contributed by atoms with van der Waals surface area (Å²) in [5.41, 5.74) is 0. The van der Waals surface area contributed by atoms with Crippen molar-refractivity contribution in [1.82, 2.24) is 4.90 Å². The molecule has 0 aromatic heterocycles. The van der Waals surface area contributed by atoms with E-state index >= 15 is 0 Å². The summed E-state index contributed by atoms with van der Waals surface area (Å²) in [6.07, 6.45) is 10.9. The van der Waals surface area contributed by atoms with Crippen LogP contribution in [0.2, 0.25) is 0 Å². The van der Waals surface area contributed by atoms with Gasteiger partial charge in [-0.25, -0.2) is 0 Å². The van der Waals surface area contributed by atoms with Crippen molar-refractivity contribution in [2.75, 3.05) is 14.1 Å². The summed E-state index contributed by atoms with van der Waals surface area (Å²) >= 11 is 0. The Morgan fingerprint density at radius 1 is 1.00 bits per heavy atom. The lowest BCUT2D eigenvalue weighted by Gasteiger charge is -2.19. The molecule has 0 aromatic carbocycles. The molecule has 0 aliphatic carbocycles. The Hall–Kier alpha value is -0.570. The SMILES string of the molecule is CCCCCCCCCC[C@H](C(=O)O)N(C)C. The number of carboxylic acid groups (broad SMARTS) is 1. The number of hydrogen-bond acceptors (Lipinski definition) is 2. The van der Waals surface area contributed by atoms with Crippen LogP contribution in [-0.4, -0.2) is 36.1 Å². The fourth-order valence-corrected chi connectivity index (χ4v) is 2.07. The average molecular weight is 243 g/mol. The zero-order valence-electron chi connectivity index (χ0n) is 11.7. The summed E-state index contributed by atoms with van der Waals surface area (Å²) in [6.45, 7) is 2.23. The molecule has 0 saturated carbocycles. The first-order valence-electron chi connectivity index (χ1n) is 6.98. The summed E-state index contributed by atoms with van der Waals surface area (Å²) in [5, 5.41) is 9.00. The molecule has 0 aromatic rings. The molecule has 0 heterocycles. The van der Waals surface area contributed by atoms with E-state index in [9.17, 15) is 4.79 Å². The molecule has 0 spiro atoms. The van der Waals surface area contributed by atoms with Crippen LogP contribution in [0.15, 0.2) is 0 Å². The molecule has 0 saturated heterocycles. The van der Waals surface area contributed by atoms with Crippen LogP contribution in [0, 0.1) is 0 Å². The van der Waals surface area contributed by atoms with E-state index in [2.05, 4.69) is 6.92 Å². The maximum Gasteiger partial charge on any atom is 0.320 e. The zero-order chi connectivity index (χ0) is 13.1. The van der Waals surface area contributed by atoms with Crippen LogP contribution in [-0.2, 0) is 4.79 Å². The highest BCUT2D eigenvalue weighted by Crippen LogP contribution is 2.12. The Morgan fingerprint density at radius 2 is 1.47 bits per heavy atom. The quantitative estimate of drug-likeness (QED) is 0.564. The van der Waals surface area contributed by atoms with Crippen molar-refractivity contribution in [1.29, 1.82) is 0 Å². The normalized spacial score (nSPS) is 12.9. The van der Waals surface area contributed by atoms with Crippen molar-refractivity contribution >= 4 is 5.97 Å². The van der Waals surface area contributed by atoms with Crippen molar-refractivity contribution < 1.29 is 9.90 Å². The Bertz CT molecular complexity index is 193. The first-order valence-corrected chi connectivity index (χ1v) is 6.98. The second-order valence-electron chi connectivity index (χ2n) is 5.08. The lowest BCUT2D eigenvalue weighted by molar-refractivity contribution is -0.142. The lowest BCUT2D eigenvalue weighted by Crippen LogP contribution is -2.35. The van der Waals surface area contributed by atoms with Gasteiger partial charge in [-0.3, -0.25) is 9.69 Å². The van der Waals surface area contributed by atoms with E-state index in [4.69, 9.17) is 5.11 Å². The number of carboxylic acids is 1. The third-order valence-electron chi connectivity index (χ3n) is 3.24. The molecular weight excluding hydrogens is 214 g/mol. The van der Waals surface area contributed by atoms with Crippen LogP contribution in [0.3, 0.4) is 0 Å². The summed E-state index contributed by atoms with van der Waals surface area (Å²) in [5.74, 6) is -0.696. The monoisotopic (exact) mass is 243 g/mol. The molecular formula is C14H29NO2. The van der Waals surface area contributed by atoms with Gasteiger partial charge >= 0.3 is 5.97 Å². The molecule has 0 rings (SSSR count). The second kappa shape index (κ2) is 10.6. The summed E-state index contributed by atoms with van der Waals surface area (Å²) in [7, 11) is 3.67. The number of hydrogen-bond donors (Lipinski definition) is 1. The zero-order valence-corrected chi connectivity index (χ0v) is 11.7. The molecule has 1 N–H and O–H groups in total. The van der Waals surface area contributed by atoms with E-state index in [1.807, 2.05) is 14.1 Å². The molecule has 3 nitrogen and oxygen atoms in total. The molecule has 0 unspecified atom stereocenters. The highest BCUT2D eigenvalue weighted by Gasteiger charge is 2.18. The standard InChI is InChI=1S/C14H29NO2/c1-4-5-6-7-8-9-10-11-12-13(14(16)17)15(2)3/h13H,4-12H2,1-3H3,(H,16,17)/t13-/m1/s1.